The zero-order valence-electron chi connectivity index (χ0n) is 12.2. The number of carbonyl (C=O) groups is 2. The lowest BCUT2D eigenvalue weighted by Crippen LogP contribution is -2.69. The lowest BCUT2D eigenvalue weighted by atomic mass is 9.87. The Bertz CT molecular complexity index is 585. The fraction of sp³-hybridized carbons (Fsp3) is 0.467. The molecule has 2 amide bonds. The number of nitrogens with one attached hydrogen (secondary N) is 1. The van der Waals surface area contributed by atoms with E-state index in [4.69, 9.17) is 0 Å². The highest BCUT2D eigenvalue weighted by atomic mass is 79.9. The number of piperazine rings is 1. The number of hydrogen-bond acceptors (Lipinski definition) is 2. The third-order valence-electron chi connectivity index (χ3n) is 4.13. The van der Waals surface area contributed by atoms with Crippen LogP contribution in [-0.2, 0) is 9.59 Å². The van der Waals surface area contributed by atoms with Gasteiger partial charge in [0.2, 0.25) is 5.91 Å². The SMILES string of the molecule is CCC1(CC)NC(=O)C(C)N(c2cc(Br)ccc2Br)C1=O. The van der Waals surface area contributed by atoms with Gasteiger partial charge in [0.05, 0.1) is 5.69 Å². The minimum absolute atomic E-state index is 0.0570. The molecule has 1 N–H and O–H groups in total. The minimum Gasteiger partial charge on any atom is -0.340 e. The van der Waals surface area contributed by atoms with Crippen LogP contribution < -0.4 is 10.2 Å². The Morgan fingerprint density at radius 2 is 1.86 bits per heavy atom. The highest BCUT2D eigenvalue weighted by Crippen LogP contribution is 2.35. The largest absolute Gasteiger partial charge is 0.340 e. The van der Waals surface area contributed by atoms with Crippen LogP contribution in [0.1, 0.15) is 33.6 Å². The van der Waals surface area contributed by atoms with Gasteiger partial charge >= 0.3 is 0 Å². The van der Waals surface area contributed by atoms with Crippen molar-refractivity contribution in [2.75, 3.05) is 4.90 Å². The number of carbonyl (C=O) groups excluding carboxylic acids is 2. The van der Waals surface area contributed by atoms with Crippen LogP contribution in [0.3, 0.4) is 0 Å². The first-order chi connectivity index (χ1) is 9.86. The first-order valence-electron chi connectivity index (χ1n) is 6.97. The molecule has 1 aliphatic heterocycles. The van der Waals surface area contributed by atoms with Crippen molar-refractivity contribution in [3.63, 3.8) is 0 Å². The maximum absolute atomic E-state index is 13.0. The molecular weight excluding hydrogens is 400 g/mol. The molecule has 0 aliphatic carbocycles. The summed E-state index contributed by atoms with van der Waals surface area (Å²) in [5, 5.41) is 2.91. The molecule has 1 aliphatic rings. The Labute approximate surface area is 141 Å². The average molecular weight is 418 g/mol. The Morgan fingerprint density at radius 1 is 1.24 bits per heavy atom. The van der Waals surface area contributed by atoms with Crippen molar-refractivity contribution in [3.8, 4) is 0 Å². The minimum atomic E-state index is -0.814. The normalized spacial score (nSPS) is 21.4. The number of halogens is 2. The van der Waals surface area contributed by atoms with Gasteiger partial charge in [-0.1, -0.05) is 29.8 Å². The molecule has 0 bridgehead atoms. The fourth-order valence-electron chi connectivity index (χ4n) is 2.64. The Balaban J connectivity index is 2.56. The molecule has 0 aromatic heterocycles. The molecule has 1 aromatic rings. The highest BCUT2D eigenvalue weighted by molar-refractivity contribution is 9.11. The van der Waals surface area contributed by atoms with Crippen LogP contribution in [0.15, 0.2) is 27.1 Å². The van der Waals surface area contributed by atoms with E-state index in [2.05, 4.69) is 37.2 Å². The lowest BCUT2D eigenvalue weighted by Gasteiger charge is -2.44. The molecule has 1 aromatic carbocycles. The zero-order chi connectivity index (χ0) is 15.8. The average Bonchev–Trinajstić information content (AvgIpc) is 2.47. The van der Waals surface area contributed by atoms with E-state index >= 15 is 0 Å². The zero-order valence-corrected chi connectivity index (χ0v) is 15.4. The molecule has 1 unspecified atom stereocenters. The molecule has 6 heteroatoms. The van der Waals surface area contributed by atoms with Crippen molar-refractivity contribution in [3.05, 3.63) is 27.1 Å². The van der Waals surface area contributed by atoms with Crippen molar-refractivity contribution in [1.29, 1.82) is 0 Å². The standard InChI is InChI=1S/C15H18Br2N2O2/c1-4-15(5-2)14(21)19(9(3)13(20)18-15)12-8-10(16)6-7-11(12)17/h6-9H,4-5H2,1-3H3,(H,18,20). The van der Waals surface area contributed by atoms with E-state index in [9.17, 15) is 9.59 Å². The number of benzene rings is 1. The molecule has 0 saturated carbocycles. The van der Waals surface area contributed by atoms with Gasteiger partial charge in [-0.3, -0.25) is 14.5 Å². The summed E-state index contributed by atoms with van der Waals surface area (Å²) in [6.07, 6.45) is 1.14. The quantitative estimate of drug-likeness (QED) is 0.816. The molecule has 1 heterocycles. The van der Waals surface area contributed by atoms with E-state index in [0.29, 0.717) is 18.5 Å². The smallest absolute Gasteiger partial charge is 0.253 e. The van der Waals surface area contributed by atoms with Gasteiger partial charge in [0.1, 0.15) is 11.6 Å². The van der Waals surface area contributed by atoms with E-state index < -0.39 is 11.6 Å². The van der Waals surface area contributed by atoms with Crippen molar-refractivity contribution in [2.24, 2.45) is 0 Å². The molecule has 114 valence electrons. The first-order valence-corrected chi connectivity index (χ1v) is 8.55. The van der Waals surface area contributed by atoms with Crippen molar-refractivity contribution in [1.82, 2.24) is 5.32 Å². The summed E-state index contributed by atoms with van der Waals surface area (Å²) < 4.78 is 1.66. The van der Waals surface area contributed by atoms with Gasteiger partial charge < -0.3 is 5.32 Å². The summed E-state index contributed by atoms with van der Waals surface area (Å²) in [5.41, 5.74) is -0.103. The maximum atomic E-state index is 13.0. The first kappa shape index (κ1) is 16.5. The van der Waals surface area contributed by atoms with E-state index in [-0.39, 0.29) is 11.8 Å². The maximum Gasteiger partial charge on any atom is 0.253 e. The van der Waals surface area contributed by atoms with Crippen molar-refractivity contribution >= 4 is 49.4 Å². The van der Waals surface area contributed by atoms with Crippen LogP contribution in [0.25, 0.3) is 0 Å². The molecule has 2 rings (SSSR count). The molecule has 21 heavy (non-hydrogen) atoms. The molecular formula is C15H18Br2N2O2. The summed E-state index contributed by atoms with van der Waals surface area (Å²) >= 11 is 6.90. The van der Waals surface area contributed by atoms with Gasteiger partial charge in [-0.15, -0.1) is 0 Å². The predicted octanol–water partition coefficient (Wildman–Crippen LogP) is 3.62. The molecule has 4 nitrogen and oxygen atoms in total. The number of anilines is 1. The summed E-state index contributed by atoms with van der Waals surface area (Å²) in [6, 6.07) is 5.08. The van der Waals surface area contributed by atoms with Gasteiger partial charge in [-0.2, -0.15) is 0 Å². The van der Waals surface area contributed by atoms with Gasteiger partial charge in [-0.25, -0.2) is 0 Å². The summed E-state index contributed by atoms with van der Waals surface area (Å²) in [4.78, 5) is 26.9. The van der Waals surface area contributed by atoms with E-state index in [1.54, 1.807) is 11.8 Å². The second-order valence-corrected chi connectivity index (χ2v) is 7.00. The Kier molecular flexibility index (Phi) is 4.78. The summed E-state index contributed by atoms with van der Waals surface area (Å²) in [7, 11) is 0. The third kappa shape index (κ3) is 2.75. The predicted molar refractivity (Wildman–Crippen MR) is 90.2 cm³/mol. The monoisotopic (exact) mass is 416 g/mol. The third-order valence-corrected chi connectivity index (χ3v) is 5.30. The number of nitrogens with zero attached hydrogens (tertiary/aromatic N) is 1. The van der Waals surface area contributed by atoms with E-state index in [0.717, 1.165) is 8.95 Å². The lowest BCUT2D eigenvalue weighted by molar-refractivity contribution is -0.138. The highest BCUT2D eigenvalue weighted by Gasteiger charge is 2.48. The van der Waals surface area contributed by atoms with E-state index in [1.165, 1.54) is 0 Å². The van der Waals surface area contributed by atoms with Gasteiger partial charge in [0, 0.05) is 8.95 Å². The fourth-order valence-corrected chi connectivity index (χ4v) is 3.42. The number of hydrogen-bond donors (Lipinski definition) is 1. The summed E-state index contributed by atoms with van der Waals surface area (Å²) in [6.45, 7) is 5.59. The van der Waals surface area contributed by atoms with Crippen LogP contribution in [-0.4, -0.2) is 23.4 Å². The second-order valence-electron chi connectivity index (χ2n) is 5.23. The second kappa shape index (κ2) is 6.08. The Hall–Kier alpha value is -0.880. The van der Waals surface area contributed by atoms with Crippen LogP contribution in [0.5, 0.6) is 0 Å². The number of rotatable bonds is 3. The van der Waals surface area contributed by atoms with Crippen LogP contribution in [0, 0.1) is 0 Å². The van der Waals surface area contributed by atoms with Crippen molar-refractivity contribution < 1.29 is 9.59 Å². The molecule has 0 radical (unpaired) electrons. The summed E-state index contributed by atoms with van der Waals surface area (Å²) in [5.74, 6) is -0.177. The van der Waals surface area contributed by atoms with Crippen LogP contribution in [0.4, 0.5) is 5.69 Å². The van der Waals surface area contributed by atoms with Crippen LogP contribution >= 0.6 is 31.9 Å². The number of amides is 2. The Morgan fingerprint density at radius 3 is 2.43 bits per heavy atom. The van der Waals surface area contributed by atoms with Crippen LogP contribution in [0.2, 0.25) is 0 Å². The van der Waals surface area contributed by atoms with E-state index in [1.807, 2.05) is 32.0 Å². The molecule has 1 fully saturated rings. The molecule has 1 saturated heterocycles. The van der Waals surface area contributed by atoms with Gasteiger partial charge in [0.15, 0.2) is 0 Å². The molecule has 0 spiro atoms. The van der Waals surface area contributed by atoms with Gasteiger partial charge in [-0.05, 0) is 53.9 Å². The topological polar surface area (TPSA) is 49.4 Å². The van der Waals surface area contributed by atoms with Gasteiger partial charge in [0.25, 0.3) is 5.91 Å². The molecule has 1 atom stereocenters. The van der Waals surface area contributed by atoms with Crippen molar-refractivity contribution in [2.45, 2.75) is 45.2 Å².